The number of hydrogen-bond donors (Lipinski definition) is 2. The summed E-state index contributed by atoms with van der Waals surface area (Å²) < 4.78 is 4.59. The number of aliphatic hydroxyl groups excluding tert-OH is 2. The number of rotatable bonds is 2. The molecule has 4 heteroatoms. The molecule has 0 aliphatic carbocycles. The molecule has 0 atom stereocenters. The normalized spacial score (nSPS) is 22.8. The van der Waals surface area contributed by atoms with E-state index in [1.54, 1.807) is 0 Å². The van der Waals surface area contributed by atoms with Crippen LogP contribution in [0.2, 0.25) is 0 Å². The van der Waals surface area contributed by atoms with Crippen molar-refractivity contribution in [1.29, 1.82) is 0 Å². The summed E-state index contributed by atoms with van der Waals surface area (Å²) in [7, 11) is 0. The Bertz CT molecular complexity index is 139. The van der Waals surface area contributed by atoms with Gasteiger partial charge >= 0.3 is 5.97 Å². The molecule has 1 fully saturated rings. The molecule has 58 valence electrons. The smallest absolute Gasteiger partial charge is 0.306 e. The third kappa shape index (κ3) is 1.12. The molecule has 1 aliphatic heterocycles. The number of ether oxygens (including phenoxy) is 1. The molecule has 1 saturated heterocycles. The molecular formula is C6H10O4. The number of hydrogen-bond acceptors (Lipinski definition) is 4. The van der Waals surface area contributed by atoms with Gasteiger partial charge in [-0.1, -0.05) is 0 Å². The first-order valence-corrected chi connectivity index (χ1v) is 3.10. The molecule has 0 aromatic heterocycles. The Kier molecular flexibility index (Phi) is 1.92. The Morgan fingerprint density at radius 1 is 1.50 bits per heavy atom. The summed E-state index contributed by atoms with van der Waals surface area (Å²) in [5.74, 6) is -0.344. The molecule has 1 aliphatic rings. The predicted molar refractivity (Wildman–Crippen MR) is 32.2 cm³/mol. The summed E-state index contributed by atoms with van der Waals surface area (Å²) in [5, 5.41) is 17.5. The average Bonchev–Trinajstić information content (AvgIpc) is 2.33. The average molecular weight is 146 g/mol. The van der Waals surface area contributed by atoms with E-state index in [0.717, 1.165) is 0 Å². The highest BCUT2D eigenvalue weighted by Gasteiger charge is 2.39. The summed E-state index contributed by atoms with van der Waals surface area (Å²) in [6.07, 6.45) is 0.125. The molecule has 0 saturated carbocycles. The monoisotopic (exact) mass is 146 g/mol. The quantitative estimate of drug-likeness (QED) is 0.485. The van der Waals surface area contributed by atoms with Crippen LogP contribution in [0, 0.1) is 5.41 Å². The van der Waals surface area contributed by atoms with Gasteiger partial charge in [0.25, 0.3) is 0 Å². The van der Waals surface area contributed by atoms with Gasteiger partial charge in [-0.3, -0.25) is 4.79 Å². The molecule has 0 spiro atoms. The molecule has 0 radical (unpaired) electrons. The molecule has 0 amide bonds. The van der Waals surface area contributed by atoms with Gasteiger partial charge in [-0.15, -0.1) is 0 Å². The van der Waals surface area contributed by atoms with E-state index in [1.165, 1.54) is 0 Å². The molecule has 1 heterocycles. The van der Waals surface area contributed by atoms with Gasteiger partial charge in [-0.25, -0.2) is 0 Å². The third-order valence-corrected chi connectivity index (χ3v) is 1.73. The van der Waals surface area contributed by atoms with E-state index in [-0.39, 0.29) is 32.2 Å². The lowest BCUT2D eigenvalue weighted by molar-refractivity contribution is -0.137. The largest absolute Gasteiger partial charge is 0.465 e. The molecule has 0 bridgehead atoms. The number of carbonyl (C=O) groups excluding carboxylic acids is 1. The van der Waals surface area contributed by atoms with Crippen molar-refractivity contribution in [3.63, 3.8) is 0 Å². The van der Waals surface area contributed by atoms with Gasteiger partial charge in [0.15, 0.2) is 0 Å². The van der Waals surface area contributed by atoms with Gasteiger partial charge in [0, 0.05) is 0 Å². The van der Waals surface area contributed by atoms with E-state index in [2.05, 4.69) is 4.74 Å². The van der Waals surface area contributed by atoms with Gasteiger partial charge in [0.2, 0.25) is 0 Å². The van der Waals surface area contributed by atoms with Crippen LogP contribution in [0.5, 0.6) is 0 Å². The van der Waals surface area contributed by atoms with E-state index < -0.39 is 5.41 Å². The first kappa shape index (κ1) is 7.50. The number of aliphatic hydroxyl groups is 2. The van der Waals surface area contributed by atoms with Crippen LogP contribution in [0.1, 0.15) is 6.42 Å². The molecule has 10 heavy (non-hydrogen) atoms. The Morgan fingerprint density at radius 2 is 2.10 bits per heavy atom. The zero-order chi connectivity index (χ0) is 7.61. The van der Waals surface area contributed by atoms with Crippen LogP contribution in [0.25, 0.3) is 0 Å². The zero-order valence-corrected chi connectivity index (χ0v) is 5.54. The van der Waals surface area contributed by atoms with Crippen molar-refractivity contribution in [2.75, 3.05) is 19.8 Å². The topological polar surface area (TPSA) is 66.8 Å². The highest BCUT2D eigenvalue weighted by atomic mass is 16.5. The van der Waals surface area contributed by atoms with Crippen molar-refractivity contribution in [1.82, 2.24) is 0 Å². The maximum Gasteiger partial charge on any atom is 0.306 e. The maximum absolute atomic E-state index is 10.5. The standard InChI is InChI=1S/C6H10O4/c7-2-6(3-8)1-5(9)10-4-6/h7-8H,1-4H2. The Hall–Kier alpha value is -0.610. The van der Waals surface area contributed by atoms with E-state index >= 15 is 0 Å². The van der Waals surface area contributed by atoms with Crippen LogP contribution in [-0.4, -0.2) is 36.0 Å². The van der Waals surface area contributed by atoms with E-state index in [9.17, 15) is 4.79 Å². The lowest BCUT2D eigenvalue weighted by atomic mass is 9.90. The lowest BCUT2D eigenvalue weighted by Gasteiger charge is -2.18. The van der Waals surface area contributed by atoms with Crippen molar-refractivity contribution >= 4 is 5.97 Å². The van der Waals surface area contributed by atoms with Crippen LogP contribution in [-0.2, 0) is 9.53 Å². The highest BCUT2D eigenvalue weighted by Crippen LogP contribution is 2.27. The zero-order valence-electron chi connectivity index (χ0n) is 5.54. The fraction of sp³-hybridized carbons (Fsp3) is 0.833. The first-order chi connectivity index (χ1) is 4.72. The minimum atomic E-state index is -0.711. The summed E-state index contributed by atoms with van der Waals surface area (Å²) >= 11 is 0. The van der Waals surface area contributed by atoms with Crippen LogP contribution in [0.3, 0.4) is 0 Å². The minimum absolute atomic E-state index is 0.125. The molecule has 0 aromatic carbocycles. The minimum Gasteiger partial charge on any atom is -0.465 e. The van der Waals surface area contributed by atoms with Crippen molar-refractivity contribution in [3.8, 4) is 0 Å². The van der Waals surface area contributed by atoms with Crippen LogP contribution in [0.15, 0.2) is 0 Å². The van der Waals surface area contributed by atoms with Gasteiger partial charge in [0.05, 0.1) is 25.0 Å². The van der Waals surface area contributed by atoms with Crippen LogP contribution < -0.4 is 0 Å². The fourth-order valence-electron chi connectivity index (χ4n) is 0.895. The van der Waals surface area contributed by atoms with Crippen LogP contribution >= 0.6 is 0 Å². The van der Waals surface area contributed by atoms with Gasteiger partial charge in [-0.05, 0) is 0 Å². The number of esters is 1. The molecule has 1 rings (SSSR count). The van der Waals surface area contributed by atoms with Crippen molar-refractivity contribution < 1.29 is 19.7 Å². The van der Waals surface area contributed by atoms with Crippen molar-refractivity contribution in [3.05, 3.63) is 0 Å². The predicted octanol–water partition coefficient (Wildman–Crippen LogP) is -1.10. The molecule has 0 aromatic rings. The maximum atomic E-state index is 10.5. The summed E-state index contributed by atoms with van der Waals surface area (Å²) in [6, 6.07) is 0. The van der Waals surface area contributed by atoms with Crippen molar-refractivity contribution in [2.24, 2.45) is 5.41 Å². The first-order valence-electron chi connectivity index (χ1n) is 3.10. The second-order valence-corrected chi connectivity index (χ2v) is 2.65. The molecule has 4 nitrogen and oxygen atoms in total. The summed E-state index contributed by atoms with van der Waals surface area (Å²) in [5.41, 5.74) is -0.711. The van der Waals surface area contributed by atoms with Gasteiger partial charge in [0.1, 0.15) is 6.61 Å². The highest BCUT2D eigenvalue weighted by molar-refractivity contribution is 5.72. The fourth-order valence-corrected chi connectivity index (χ4v) is 0.895. The second kappa shape index (κ2) is 2.56. The molecular weight excluding hydrogens is 136 g/mol. The van der Waals surface area contributed by atoms with Crippen LogP contribution in [0.4, 0.5) is 0 Å². The Labute approximate surface area is 58.4 Å². The van der Waals surface area contributed by atoms with E-state index in [1.807, 2.05) is 0 Å². The SMILES string of the molecule is O=C1CC(CO)(CO)CO1. The van der Waals surface area contributed by atoms with Gasteiger partial charge in [-0.2, -0.15) is 0 Å². The van der Waals surface area contributed by atoms with E-state index in [0.29, 0.717) is 0 Å². The number of carbonyl (C=O) groups is 1. The molecule has 0 unspecified atom stereocenters. The van der Waals surface area contributed by atoms with E-state index in [4.69, 9.17) is 10.2 Å². The lowest BCUT2D eigenvalue weighted by Crippen LogP contribution is -2.29. The summed E-state index contributed by atoms with van der Waals surface area (Å²) in [6.45, 7) is -0.261. The third-order valence-electron chi connectivity index (χ3n) is 1.73. The Balaban J connectivity index is 2.59. The van der Waals surface area contributed by atoms with Gasteiger partial charge < -0.3 is 14.9 Å². The Morgan fingerprint density at radius 3 is 2.30 bits per heavy atom. The summed E-state index contributed by atoms with van der Waals surface area (Å²) in [4.78, 5) is 10.5. The second-order valence-electron chi connectivity index (χ2n) is 2.65. The van der Waals surface area contributed by atoms with Crippen molar-refractivity contribution in [2.45, 2.75) is 6.42 Å². The number of cyclic esters (lactones) is 1. The molecule has 2 N–H and O–H groups in total.